The molecule has 0 N–H and O–H groups in total. The van der Waals surface area contributed by atoms with E-state index in [1.54, 1.807) is 0 Å². The number of alkyl halides is 3. The third kappa shape index (κ3) is 6.25. The largest absolute Gasteiger partial charge is 0.439 e. The summed E-state index contributed by atoms with van der Waals surface area (Å²) in [6.45, 7) is 0.967. The Bertz CT molecular complexity index is 486. The molecule has 1 unspecified atom stereocenters. The maximum atomic E-state index is 12.4. The Labute approximate surface area is 114 Å². The zero-order chi connectivity index (χ0) is 15.0. The van der Waals surface area contributed by atoms with Crippen LogP contribution in [-0.4, -0.2) is 24.9 Å². The van der Waals surface area contributed by atoms with Crippen molar-refractivity contribution in [3.63, 3.8) is 0 Å². The van der Waals surface area contributed by atoms with E-state index in [0.29, 0.717) is 0 Å². The van der Waals surface area contributed by atoms with Gasteiger partial charge in [-0.15, -0.1) is 0 Å². The van der Waals surface area contributed by atoms with Gasteiger partial charge in [0.25, 0.3) is 6.10 Å². The Morgan fingerprint density at radius 2 is 1.95 bits per heavy atom. The van der Waals surface area contributed by atoms with E-state index in [1.807, 2.05) is 36.3 Å². The van der Waals surface area contributed by atoms with E-state index in [9.17, 15) is 18.0 Å². The Balaban J connectivity index is 2.44. The molecule has 20 heavy (non-hydrogen) atoms. The molecule has 1 aromatic carbocycles. The number of halogens is 3. The van der Waals surface area contributed by atoms with Gasteiger partial charge in [0.1, 0.15) is 6.61 Å². The van der Waals surface area contributed by atoms with Crippen molar-refractivity contribution in [2.75, 3.05) is 6.61 Å². The van der Waals surface area contributed by atoms with Crippen LogP contribution in [0.15, 0.2) is 30.3 Å². The van der Waals surface area contributed by atoms with Gasteiger partial charge in [0.15, 0.2) is 0 Å². The van der Waals surface area contributed by atoms with Gasteiger partial charge in [0.05, 0.1) is 6.61 Å². The fourth-order valence-corrected chi connectivity index (χ4v) is 1.27. The Hall–Kier alpha value is -2.00. The highest BCUT2D eigenvalue weighted by atomic mass is 19.4. The first-order valence-corrected chi connectivity index (χ1v) is 5.73. The van der Waals surface area contributed by atoms with Crippen LogP contribution < -0.4 is 0 Å². The first-order chi connectivity index (χ1) is 9.39. The second-order valence-electron chi connectivity index (χ2n) is 3.83. The van der Waals surface area contributed by atoms with Gasteiger partial charge in [0, 0.05) is 6.92 Å². The molecule has 1 atom stereocenters. The SMILES string of the molecule is CC(=O)OC(C#CCOCc1ccccc1)C(F)(F)F. The molecule has 0 aliphatic rings. The molecule has 0 heterocycles. The molecule has 6 heteroatoms. The van der Waals surface area contributed by atoms with Crippen molar-refractivity contribution in [2.24, 2.45) is 0 Å². The van der Waals surface area contributed by atoms with E-state index < -0.39 is 18.2 Å². The lowest BCUT2D eigenvalue weighted by atomic mass is 10.2. The summed E-state index contributed by atoms with van der Waals surface area (Å²) in [4.78, 5) is 10.6. The summed E-state index contributed by atoms with van der Waals surface area (Å²) in [5.41, 5.74) is 0.890. The van der Waals surface area contributed by atoms with E-state index in [2.05, 4.69) is 10.7 Å². The minimum Gasteiger partial charge on any atom is -0.439 e. The molecule has 0 fully saturated rings. The van der Waals surface area contributed by atoms with Crippen LogP contribution in [0.2, 0.25) is 0 Å². The fourth-order valence-electron chi connectivity index (χ4n) is 1.27. The molecule has 0 spiro atoms. The van der Waals surface area contributed by atoms with Gasteiger partial charge in [-0.2, -0.15) is 13.2 Å². The lowest BCUT2D eigenvalue weighted by Gasteiger charge is -2.14. The van der Waals surface area contributed by atoms with Crippen molar-refractivity contribution in [1.29, 1.82) is 0 Å². The van der Waals surface area contributed by atoms with Crippen molar-refractivity contribution < 1.29 is 27.4 Å². The van der Waals surface area contributed by atoms with E-state index in [0.717, 1.165) is 12.5 Å². The normalized spacial score (nSPS) is 12.2. The number of carbonyl (C=O) groups is 1. The number of benzene rings is 1. The van der Waals surface area contributed by atoms with Crippen molar-refractivity contribution in [3.8, 4) is 11.8 Å². The molecule has 108 valence electrons. The fraction of sp³-hybridized carbons (Fsp3) is 0.357. The summed E-state index contributed by atoms with van der Waals surface area (Å²) < 4.78 is 46.5. The summed E-state index contributed by atoms with van der Waals surface area (Å²) in [5, 5.41) is 0. The monoisotopic (exact) mass is 286 g/mol. The van der Waals surface area contributed by atoms with Gasteiger partial charge in [0.2, 0.25) is 0 Å². The molecule has 0 bridgehead atoms. The molecule has 1 aromatic rings. The zero-order valence-corrected chi connectivity index (χ0v) is 10.7. The topological polar surface area (TPSA) is 35.5 Å². The Morgan fingerprint density at radius 1 is 1.30 bits per heavy atom. The average molecular weight is 286 g/mol. The standard InChI is InChI=1S/C14H13F3O3/c1-11(18)20-13(14(15,16)17)8-5-9-19-10-12-6-3-2-4-7-12/h2-4,6-7,13H,9-10H2,1H3. The highest BCUT2D eigenvalue weighted by molar-refractivity contribution is 5.66. The van der Waals surface area contributed by atoms with Crippen LogP contribution in [0, 0.1) is 11.8 Å². The molecule has 0 saturated carbocycles. The van der Waals surface area contributed by atoms with E-state index in [-0.39, 0.29) is 13.2 Å². The highest BCUT2D eigenvalue weighted by Gasteiger charge is 2.41. The van der Waals surface area contributed by atoms with Crippen molar-refractivity contribution in [2.45, 2.75) is 25.8 Å². The molecule has 3 nitrogen and oxygen atoms in total. The molecular formula is C14H13F3O3. The molecule has 0 saturated heterocycles. The van der Waals surface area contributed by atoms with Gasteiger partial charge in [-0.05, 0) is 11.5 Å². The van der Waals surface area contributed by atoms with Gasteiger partial charge < -0.3 is 9.47 Å². The second-order valence-corrected chi connectivity index (χ2v) is 3.83. The molecule has 0 amide bonds. The zero-order valence-electron chi connectivity index (χ0n) is 10.7. The lowest BCUT2D eigenvalue weighted by Crippen LogP contribution is -2.31. The predicted octanol–water partition coefficient (Wildman–Crippen LogP) is 2.70. The summed E-state index contributed by atoms with van der Waals surface area (Å²) in [5.74, 6) is 3.00. The van der Waals surface area contributed by atoms with E-state index in [1.165, 1.54) is 0 Å². The number of esters is 1. The summed E-state index contributed by atoms with van der Waals surface area (Å²) >= 11 is 0. The number of carbonyl (C=O) groups excluding carboxylic acids is 1. The summed E-state index contributed by atoms with van der Waals surface area (Å²) in [7, 11) is 0. The molecule has 0 radical (unpaired) electrons. The van der Waals surface area contributed by atoms with Crippen LogP contribution in [0.25, 0.3) is 0 Å². The van der Waals surface area contributed by atoms with Crippen LogP contribution in [0.4, 0.5) is 13.2 Å². The lowest BCUT2D eigenvalue weighted by molar-refractivity contribution is -0.204. The smallest absolute Gasteiger partial charge is 0.437 e. The van der Waals surface area contributed by atoms with Crippen LogP contribution in [0.5, 0.6) is 0 Å². The third-order valence-electron chi connectivity index (χ3n) is 2.10. The molecule has 0 aromatic heterocycles. The average Bonchev–Trinajstić information content (AvgIpc) is 2.36. The van der Waals surface area contributed by atoms with Gasteiger partial charge >= 0.3 is 12.1 Å². The number of ether oxygens (including phenoxy) is 2. The quantitative estimate of drug-likeness (QED) is 0.485. The molecule has 0 aliphatic heterocycles. The van der Waals surface area contributed by atoms with Crippen LogP contribution in [0.1, 0.15) is 12.5 Å². The minimum absolute atomic E-state index is 0.178. The Morgan fingerprint density at radius 3 is 2.50 bits per heavy atom. The highest BCUT2D eigenvalue weighted by Crippen LogP contribution is 2.22. The van der Waals surface area contributed by atoms with Gasteiger partial charge in [-0.1, -0.05) is 36.3 Å². The molecule has 0 aliphatic carbocycles. The summed E-state index contributed by atoms with van der Waals surface area (Å²) in [6, 6.07) is 9.14. The van der Waals surface area contributed by atoms with Crippen molar-refractivity contribution >= 4 is 5.97 Å². The van der Waals surface area contributed by atoms with Crippen LogP contribution in [-0.2, 0) is 20.9 Å². The maximum Gasteiger partial charge on any atom is 0.437 e. The van der Waals surface area contributed by atoms with Crippen molar-refractivity contribution in [3.05, 3.63) is 35.9 Å². The first kappa shape index (κ1) is 16.1. The second kappa shape index (κ2) is 7.56. The van der Waals surface area contributed by atoms with Gasteiger partial charge in [-0.3, -0.25) is 4.79 Å². The van der Waals surface area contributed by atoms with Crippen LogP contribution >= 0.6 is 0 Å². The summed E-state index contributed by atoms with van der Waals surface area (Å²) in [6.07, 6.45) is -7.13. The first-order valence-electron chi connectivity index (χ1n) is 5.73. The Kier molecular flexibility index (Phi) is 6.07. The predicted molar refractivity (Wildman–Crippen MR) is 65.5 cm³/mol. The number of rotatable bonds is 4. The van der Waals surface area contributed by atoms with Gasteiger partial charge in [-0.25, -0.2) is 0 Å². The van der Waals surface area contributed by atoms with E-state index >= 15 is 0 Å². The molecule has 1 rings (SSSR count). The van der Waals surface area contributed by atoms with E-state index in [4.69, 9.17) is 4.74 Å². The third-order valence-corrected chi connectivity index (χ3v) is 2.10. The number of hydrogen-bond donors (Lipinski definition) is 0. The van der Waals surface area contributed by atoms with Crippen LogP contribution in [0.3, 0.4) is 0 Å². The maximum absolute atomic E-state index is 12.4. The molecular weight excluding hydrogens is 273 g/mol. The minimum atomic E-state index is -4.71. The number of hydrogen-bond acceptors (Lipinski definition) is 3. The van der Waals surface area contributed by atoms with Crippen molar-refractivity contribution in [1.82, 2.24) is 0 Å².